The van der Waals surface area contributed by atoms with E-state index in [0.717, 1.165) is 0 Å². The van der Waals surface area contributed by atoms with Crippen LogP contribution in [0.1, 0.15) is 6.92 Å². The summed E-state index contributed by atoms with van der Waals surface area (Å²) in [7, 11) is -3.07. The first-order chi connectivity index (χ1) is 5.05. The number of sulfone groups is 1. The summed E-state index contributed by atoms with van der Waals surface area (Å²) in [5, 5.41) is 0. The Morgan fingerprint density at radius 1 is 1.55 bits per heavy atom. The largest absolute Gasteiger partial charge is 0.341 e. The Hall–Kier alpha value is -0.580. The second kappa shape index (κ2) is 2.81. The molecule has 64 valence electrons. The Bertz CT molecular complexity index is 257. The first kappa shape index (κ1) is 8.52. The first-order valence-corrected chi connectivity index (χ1v) is 5.35. The third-order valence-corrected chi connectivity index (χ3v) is 3.24. The molecule has 1 aliphatic rings. The van der Waals surface area contributed by atoms with Gasteiger partial charge in [-0.3, -0.25) is 4.79 Å². The van der Waals surface area contributed by atoms with Crippen LogP contribution in [0, 0.1) is 0 Å². The average Bonchev–Trinajstić information content (AvgIpc) is 1.86. The lowest BCUT2D eigenvalue weighted by Gasteiger charge is -2.24. The molecule has 0 N–H and O–H groups in total. The molecule has 1 fully saturated rings. The number of rotatable bonds is 1. The van der Waals surface area contributed by atoms with Crippen molar-refractivity contribution in [1.82, 2.24) is 4.90 Å². The zero-order chi connectivity index (χ0) is 8.48. The van der Waals surface area contributed by atoms with Gasteiger partial charge in [0.25, 0.3) is 0 Å². The van der Waals surface area contributed by atoms with Gasteiger partial charge in [-0.25, -0.2) is 8.42 Å². The van der Waals surface area contributed by atoms with Gasteiger partial charge in [0.15, 0.2) is 9.84 Å². The van der Waals surface area contributed by atoms with Crippen LogP contribution >= 0.6 is 0 Å². The molecule has 1 amide bonds. The van der Waals surface area contributed by atoms with Crippen LogP contribution in [0.3, 0.4) is 0 Å². The first-order valence-electron chi connectivity index (χ1n) is 3.53. The molecule has 1 heterocycles. The molecule has 0 aromatic carbocycles. The third-order valence-electron chi connectivity index (χ3n) is 1.75. The van der Waals surface area contributed by atoms with Crippen molar-refractivity contribution in [2.24, 2.45) is 0 Å². The highest BCUT2D eigenvalue weighted by Gasteiger charge is 2.27. The normalized spacial score (nSPS) is 23.7. The fourth-order valence-electron chi connectivity index (χ4n) is 1.06. The van der Waals surface area contributed by atoms with Crippen molar-refractivity contribution < 1.29 is 13.2 Å². The molecule has 5 heteroatoms. The molecule has 0 aromatic heterocycles. The maximum absolute atomic E-state index is 11.0. The molecule has 1 rings (SSSR count). The summed E-state index contributed by atoms with van der Waals surface area (Å²) in [6.45, 7) is 2.81. The summed E-state index contributed by atoms with van der Waals surface area (Å²) in [4.78, 5) is 12.5. The van der Waals surface area contributed by atoms with Crippen LogP contribution in [0.2, 0.25) is 0 Å². The predicted octanol–water partition coefficient (Wildman–Crippen LogP) is -0.737. The maximum Gasteiger partial charge on any atom is 0.237 e. The zero-order valence-electron chi connectivity index (χ0n) is 6.41. The smallest absolute Gasteiger partial charge is 0.237 e. The summed E-state index contributed by atoms with van der Waals surface area (Å²) in [6.07, 6.45) is 0. The number of hydrogen-bond donors (Lipinski definition) is 0. The van der Waals surface area contributed by atoms with Crippen molar-refractivity contribution in [3.63, 3.8) is 0 Å². The monoisotopic (exact) mass is 177 g/mol. The van der Waals surface area contributed by atoms with E-state index in [9.17, 15) is 13.2 Å². The minimum absolute atomic E-state index is 0.118. The summed E-state index contributed by atoms with van der Waals surface area (Å²) in [5.74, 6) is -0.452. The molecule has 0 unspecified atom stereocenters. The lowest BCUT2D eigenvalue weighted by molar-refractivity contribution is -0.128. The molecule has 1 saturated heterocycles. The second-order valence-corrected chi connectivity index (χ2v) is 4.75. The van der Waals surface area contributed by atoms with Crippen molar-refractivity contribution in [2.45, 2.75) is 6.92 Å². The van der Waals surface area contributed by atoms with E-state index in [1.54, 1.807) is 4.90 Å². The van der Waals surface area contributed by atoms with Gasteiger partial charge in [-0.05, 0) is 6.92 Å². The van der Waals surface area contributed by atoms with E-state index in [1.807, 2.05) is 6.92 Å². The van der Waals surface area contributed by atoms with E-state index in [-0.39, 0.29) is 17.4 Å². The predicted molar refractivity (Wildman–Crippen MR) is 40.9 cm³/mol. The third kappa shape index (κ3) is 1.92. The topological polar surface area (TPSA) is 54.5 Å². The van der Waals surface area contributed by atoms with Crippen LogP contribution < -0.4 is 0 Å². The van der Waals surface area contributed by atoms with Crippen LogP contribution in [0.5, 0.6) is 0 Å². The van der Waals surface area contributed by atoms with Gasteiger partial charge in [-0.1, -0.05) is 0 Å². The Morgan fingerprint density at radius 2 is 2.18 bits per heavy atom. The standard InChI is InChI=1S/C6H11NO3S/c1-2-7-3-4-11(9,10)5-6(7)8/h2-5H2,1H3. The summed E-state index contributed by atoms with van der Waals surface area (Å²) < 4.78 is 21.7. The number of carbonyl (C=O) groups is 1. The van der Waals surface area contributed by atoms with E-state index >= 15 is 0 Å². The number of carbonyl (C=O) groups excluding carboxylic acids is 1. The minimum Gasteiger partial charge on any atom is -0.341 e. The van der Waals surface area contributed by atoms with Gasteiger partial charge < -0.3 is 4.90 Å². The lowest BCUT2D eigenvalue weighted by Crippen LogP contribution is -2.44. The number of hydrogen-bond acceptors (Lipinski definition) is 3. The number of nitrogens with zero attached hydrogens (tertiary/aromatic N) is 1. The van der Waals surface area contributed by atoms with Gasteiger partial charge in [0.1, 0.15) is 5.75 Å². The van der Waals surface area contributed by atoms with E-state index in [1.165, 1.54) is 0 Å². The highest BCUT2D eigenvalue weighted by atomic mass is 32.2. The summed E-state index contributed by atoms with van der Waals surface area (Å²) in [6, 6.07) is 0. The van der Waals surface area contributed by atoms with Gasteiger partial charge in [0.05, 0.1) is 5.75 Å². The Balaban J connectivity index is 2.70. The molecule has 0 aliphatic carbocycles. The molecule has 11 heavy (non-hydrogen) atoms. The lowest BCUT2D eigenvalue weighted by atomic mass is 10.5. The fourth-order valence-corrected chi connectivity index (χ4v) is 2.26. The maximum atomic E-state index is 11.0. The molecule has 1 aliphatic heterocycles. The number of amides is 1. The van der Waals surface area contributed by atoms with Gasteiger partial charge in [0, 0.05) is 13.1 Å². The van der Waals surface area contributed by atoms with Gasteiger partial charge in [-0.15, -0.1) is 0 Å². The van der Waals surface area contributed by atoms with Crippen molar-refractivity contribution in [2.75, 3.05) is 24.6 Å². The zero-order valence-corrected chi connectivity index (χ0v) is 7.23. The van der Waals surface area contributed by atoms with Crippen molar-refractivity contribution in [3.05, 3.63) is 0 Å². The Kier molecular flexibility index (Phi) is 2.17. The SMILES string of the molecule is CCN1CCS(=O)(=O)CC1=O. The van der Waals surface area contributed by atoms with Gasteiger partial charge in [-0.2, -0.15) is 0 Å². The van der Waals surface area contributed by atoms with E-state index in [2.05, 4.69) is 0 Å². The molecular weight excluding hydrogens is 166 g/mol. The van der Waals surface area contributed by atoms with Crippen LogP contribution in [0.4, 0.5) is 0 Å². The quantitative estimate of drug-likeness (QED) is 0.530. The van der Waals surface area contributed by atoms with Gasteiger partial charge >= 0.3 is 0 Å². The molecule has 0 saturated carbocycles. The average molecular weight is 177 g/mol. The van der Waals surface area contributed by atoms with E-state index in [4.69, 9.17) is 0 Å². The Labute approximate surface area is 66.1 Å². The van der Waals surface area contributed by atoms with E-state index in [0.29, 0.717) is 13.1 Å². The fraction of sp³-hybridized carbons (Fsp3) is 0.833. The van der Waals surface area contributed by atoms with Gasteiger partial charge in [0.2, 0.25) is 5.91 Å². The van der Waals surface area contributed by atoms with Crippen molar-refractivity contribution in [3.8, 4) is 0 Å². The molecule has 0 spiro atoms. The molecule has 0 radical (unpaired) electrons. The van der Waals surface area contributed by atoms with Crippen LogP contribution in [-0.4, -0.2) is 43.8 Å². The second-order valence-electron chi connectivity index (χ2n) is 2.57. The molecule has 0 bridgehead atoms. The Morgan fingerprint density at radius 3 is 2.64 bits per heavy atom. The van der Waals surface area contributed by atoms with Crippen LogP contribution in [0.25, 0.3) is 0 Å². The summed E-state index contributed by atoms with van der Waals surface area (Å²) in [5.41, 5.74) is 0. The molecule has 0 atom stereocenters. The van der Waals surface area contributed by atoms with Crippen LogP contribution in [-0.2, 0) is 14.6 Å². The highest BCUT2D eigenvalue weighted by molar-refractivity contribution is 7.92. The van der Waals surface area contributed by atoms with Crippen molar-refractivity contribution >= 4 is 15.7 Å². The molecular formula is C6H11NO3S. The summed E-state index contributed by atoms with van der Waals surface area (Å²) >= 11 is 0. The minimum atomic E-state index is -3.07. The molecule has 4 nitrogen and oxygen atoms in total. The van der Waals surface area contributed by atoms with Crippen LogP contribution in [0.15, 0.2) is 0 Å². The highest BCUT2D eigenvalue weighted by Crippen LogP contribution is 2.03. The van der Waals surface area contributed by atoms with E-state index < -0.39 is 9.84 Å². The van der Waals surface area contributed by atoms with Crippen molar-refractivity contribution in [1.29, 1.82) is 0 Å². The molecule has 0 aromatic rings.